The molecule has 0 bridgehead atoms. The highest BCUT2D eigenvalue weighted by molar-refractivity contribution is 5.80. The average molecular weight is 432 g/mol. The fourth-order valence-electron chi connectivity index (χ4n) is 4.18. The van der Waals surface area contributed by atoms with E-state index in [0.717, 1.165) is 37.0 Å². The largest absolute Gasteiger partial charge is 0.487 e. The summed E-state index contributed by atoms with van der Waals surface area (Å²) >= 11 is 0. The molecule has 0 spiro atoms. The highest BCUT2D eigenvalue weighted by atomic mass is 16.5. The van der Waals surface area contributed by atoms with Gasteiger partial charge in [0, 0.05) is 37.5 Å². The number of hydrogen-bond acceptors (Lipinski definition) is 3. The summed E-state index contributed by atoms with van der Waals surface area (Å²) in [5.74, 6) is 2.78. The molecule has 1 aliphatic rings. The Hall–Kier alpha value is -3.28. The van der Waals surface area contributed by atoms with Gasteiger partial charge in [0.15, 0.2) is 5.96 Å². The molecule has 2 N–H and O–H groups in total. The first-order valence-electron chi connectivity index (χ1n) is 11.3. The highest BCUT2D eigenvalue weighted by Crippen LogP contribution is 2.39. The van der Waals surface area contributed by atoms with Gasteiger partial charge in [0.05, 0.1) is 12.6 Å². The Balaban J connectivity index is 1.49. The van der Waals surface area contributed by atoms with Crippen LogP contribution in [0.3, 0.4) is 0 Å². The summed E-state index contributed by atoms with van der Waals surface area (Å²) in [5, 5.41) is 7.05. The predicted octanol–water partition coefficient (Wildman–Crippen LogP) is 4.60. The van der Waals surface area contributed by atoms with E-state index in [-0.39, 0.29) is 11.6 Å². The number of benzene rings is 2. The summed E-state index contributed by atoms with van der Waals surface area (Å²) in [7, 11) is 0. The van der Waals surface area contributed by atoms with Crippen LogP contribution in [-0.4, -0.2) is 27.7 Å². The van der Waals surface area contributed by atoms with Crippen molar-refractivity contribution in [3.63, 3.8) is 0 Å². The predicted molar refractivity (Wildman–Crippen MR) is 129 cm³/mol. The summed E-state index contributed by atoms with van der Waals surface area (Å²) in [6, 6.07) is 17.0. The van der Waals surface area contributed by atoms with Crippen molar-refractivity contribution in [1.29, 1.82) is 0 Å². The quantitative estimate of drug-likeness (QED) is 0.442. The van der Waals surface area contributed by atoms with Gasteiger partial charge in [0.2, 0.25) is 0 Å². The minimum absolute atomic E-state index is 0.142. The zero-order valence-corrected chi connectivity index (χ0v) is 19.4. The molecule has 2 heterocycles. The van der Waals surface area contributed by atoms with Crippen LogP contribution in [0.5, 0.6) is 5.75 Å². The number of imidazole rings is 1. The lowest BCUT2D eigenvalue weighted by molar-refractivity contribution is 0.0694. The second-order valence-corrected chi connectivity index (χ2v) is 8.92. The van der Waals surface area contributed by atoms with Gasteiger partial charge in [0.25, 0.3) is 0 Å². The Morgan fingerprint density at radius 2 is 2.00 bits per heavy atom. The van der Waals surface area contributed by atoms with E-state index in [9.17, 15) is 0 Å². The Bertz CT molecular complexity index is 1090. The van der Waals surface area contributed by atoms with Crippen molar-refractivity contribution in [3.8, 4) is 5.75 Å². The minimum Gasteiger partial charge on any atom is -0.487 e. The summed E-state index contributed by atoms with van der Waals surface area (Å²) in [4.78, 5) is 9.20. The number of aryl methyl sites for hydroxylation is 1. The zero-order chi connectivity index (χ0) is 22.6. The number of nitrogens with zero attached hydrogens (tertiary/aromatic N) is 3. The van der Waals surface area contributed by atoms with Crippen molar-refractivity contribution in [1.82, 2.24) is 20.2 Å². The third-order valence-corrected chi connectivity index (χ3v) is 5.72. The van der Waals surface area contributed by atoms with Crippen LogP contribution in [0.2, 0.25) is 0 Å². The van der Waals surface area contributed by atoms with E-state index in [1.807, 2.05) is 31.5 Å². The normalized spacial score (nSPS) is 17.4. The monoisotopic (exact) mass is 431 g/mol. The number of guanidine groups is 1. The maximum absolute atomic E-state index is 6.18. The standard InChI is InChI=1S/C26H33N5O/c1-5-27-25(30-23-16-26(3,4)32-24-12-7-6-11-22(23)24)29-17-20-9-8-10-21(15-20)18-31-14-13-28-19(31)2/h6-15,23H,5,16-18H2,1-4H3,(H2,27,29,30). The van der Waals surface area contributed by atoms with Crippen molar-refractivity contribution >= 4 is 5.96 Å². The molecule has 1 aromatic heterocycles. The lowest BCUT2D eigenvalue weighted by Crippen LogP contribution is -2.45. The molecule has 0 radical (unpaired) electrons. The molecule has 0 fully saturated rings. The maximum atomic E-state index is 6.18. The van der Waals surface area contributed by atoms with Crippen LogP contribution >= 0.6 is 0 Å². The molecule has 1 unspecified atom stereocenters. The van der Waals surface area contributed by atoms with Crippen molar-refractivity contribution in [2.45, 2.75) is 58.8 Å². The second kappa shape index (κ2) is 9.47. The van der Waals surface area contributed by atoms with E-state index < -0.39 is 0 Å². The first-order chi connectivity index (χ1) is 15.4. The van der Waals surface area contributed by atoms with E-state index in [1.165, 1.54) is 16.7 Å². The number of hydrogen-bond donors (Lipinski definition) is 2. The molecule has 0 aliphatic carbocycles. The van der Waals surface area contributed by atoms with Gasteiger partial charge in [-0.1, -0.05) is 42.5 Å². The molecule has 0 amide bonds. The van der Waals surface area contributed by atoms with E-state index in [2.05, 4.69) is 77.4 Å². The molecule has 0 saturated carbocycles. The van der Waals surface area contributed by atoms with Gasteiger partial charge in [-0.25, -0.2) is 9.98 Å². The zero-order valence-electron chi connectivity index (χ0n) is 19.4. The third-order valence-electron chi connectivity index (χ3n) is 5.72. The molecule has 6 heteroatoms. The van der Waals surface area contributed by atoms with Gasteiger partial charge >= 0.3 is 0 Å². The summed E-state index contributed by atoms with van der Waals surface area (Å²) < 4.78 is 8.33. The van der Waals surface area contributed by atoms with Crippen LogP contribution < -0.4 is 15.4 Å². The van der Waals surface area contributed by atoms with Crippen molar-refractivity contribution < 1.29 is 4.74 Å². The average Bonchev–Trinajstić information content (AvgIpc) is 3.16. The van der Waals surface area contributed by atoms with Gasteiger partial charge in [-0.15, -0.1) is 0 Å². The van der Waals surface area contributed by atoms with Gasteiger partial charge in [0.1, 0.15) is 17.2 Å². The molecule has 1 atom stereocenters. The first-order valence-corrected chi connectivity index (χ1v) is 11.3. The molecular weight excluding hydrogens is 398 g/mol. The number of aromatic nitrogens is 2. The Morgan fingerprint density at radius 1 is 1.19 bits per heavy atom. The van der Waals surface area contributed by atoms with Crippen LogP contribution in [0.15, 0.2) is 65.9 Å². The Labute approximate surface area is 190 Å². The lowest BCUT2D eigenvalue weighted by Gasteiger charge is -2.38. The Morgan fingerprint density at radius 3 is 2.78 bits per heavy atom. The maximum Gasteiger partial charge on any atom is 0.192 e. The molecule has 32 heavy (non-hydrogen) atoms. The van der Waals surface area contributed by atoms with E-state index in [1.54, 1.807) is 0 Å². The van der Waals surface area contributed by atoms with Crippen molar-refractivity contribution in [2.75, 3.05) is 6.54 Å². The van der Waals surface area contributed by atoms with Crippen LogP contribution in [-0.2, 0) is 13.1 Å². The molecule has 4 rings (SSSR count). The van der Waals surface area contributed by atoms with Gasteiger partial charge in [-0.05, 0) is 44.9 Å². The summed E-state index contributed by atoms with van der Waals surface area (Å²) in [5.41, 5.74) is 3.38. The van der Waals surface area contributed by atoms with Crippen molar-refractivity contribution in [3.05, 3.63) is 83.4 Å². The lowest BCUT2D eigenvalue weighted by atomic mass is 9.90. The summed E-state index contributed by atoms with van der Waals surface area (Å²) in [6.07, 6.45) is 4.72. The number of aliphatic imine (C=N–C) groups is 1. The van der Waals surface area contributed by atoms with E-state index in [4.69, 9.17) is 9.73 Å². The first kappa shape index (κ1) is 21.9. The fourth-order valence-corrected chi connectivity index (χ4v) is 4.18. The fraction of sp³-hybridized carbons (Fsp3) is 0.385. The van der Waals surface area contributed by atoms with Gasteiger partial charge < -0.3 is 19.9 Å². The number of nitrogens with one attached hydrogen (secondary N) is 2. The van der Waals surface area contributed by atoms with Crippen LogP contribution in [0.25, 0.3) is 0 Å². The number of ether oxygens (including phenoxy) is 1. The smallest absolute Gasteiger partial charge is 0.192 e. The molecule has 2 aromatic carbocycles. The molecule has 0 saturated heterocycles. The van der Waals surface area contributed by atoms with Gasteiger partial charge in [-0.2, -0.15) is 0 Å². The topological polar surface area (TPSA) is 63.5 Å². The van der Waals surface area contributed by atoms with E-state index >= 15 is 0 Å². The molecular formula is C26H33N5O. The highest BCUT2D eigenvalue weighted by Gasteiger charge is 2.33. The van der Waals surface area contributed by atoms with Crippen LogP contribution in [0.1, 0.15) is 55.7 Å². The SMILES string of the molecule is CCNC(=NCc1cccc(Cn2ccnc2C)c1)NC1CC(C)(C)Oc2ccccc21. The second-order valence-electron chi connectivity index (χ2n) is 8.92. The van der Waals surface area contributed by atoms with Crippen LogP contribution in [0.4, 0.5) is 0 Å². The van der Waals surface area contributed by atoms with Crippen molar-refractivity contribution in [2.24, 2.45) is 4.99 Å². The molecule has 6 nitrogen and oxygen atoms in total. The number of rotatable bonds is 6. The third kappa shape index (κ3) is 5.31. The molecule has 3 aromatic rings. The molecule has 168 valence electrons. The summed E-state index contributed by atoms with van der Waals surface area (Å²) in [6.45, 7) is 10.6. The minimum atomic E-state index is -0.233. The van der Waals surface area contributed by atoms with Crippen LogP contribution in [0, 0.1) is 6.92 Å². The van der Waals surface area contributed by atoms with E-state index in [0.29, 0.717) is 6.54 Å². The van der Waals surface area contributed by atoms with Gasteiger partial charge in [-0.3, -0.25) is 0 Å². The Kier molecular flexibility index (Phi) is 6.49. The number of para-hydroxylation sites is 1. The number of fused-ring (bicyclic) bond motifs is 1. The molecule has 1 aliphatic heterocycles.